The Bertz CT molecular complexity index is 262. The second kappa shape index (κ2) is 5.21. The molecule has 0 atom stereocenters. The highest BCUT2D eigenvalue weighted by molar-refractivity contribution is 5.73. The lowest BCUT2D eigenvalue weighted by Crippen LogP contribution is -2.21. The molecule has 0 bridgehead atoms. The van der Waals surface area contributed by atoms with Crippen LogP contribution < -0.4 is 11.1 Å². The van der Waals surface area contributed by atoms with E-state index >= 15 is 0 Å². The fraction of sp³-hybridized carbons (Fsp3) is 0.375. The average molecular weight is 180 g/mol. The van der Waals surface area contributed by atoms with Gasteiger partial charge in [0, 0.05) is 25.7 Å². The molecule has 3 N–H and O–H groups in total. The standard InChI is InChI=1S/C8H12N4O/c9-8(13)2-4-10-5-7-1-3-11-6-12-7/h1,3,6,10H,2,4-5H2,(H2,9,13). The van der Waals surface area contributed by atoms with Crippen LogP contribution in [0.2, 0.25) is 0 Å². The summed E-state index contributed by atoms with van der Waals surface area (Å²) in [5, 5.41) is 3.04. The number of hydrogen-bond acceptors (Lipinski definition) is 4. The first-order valence-corrected chi connectivity index (χ1v) is 4.03. The molecular weight excluding hydrogens is 168 g/mol. The summed E-state index contributed by atoms with van der Waals surface area (Å²) in [4.78, 5) is 18.2. The van der Waals surface area contributed by atoms with Crippen LogP contribution in [0.25, 0.3) is 0 Å². The van der Waals surface area contributed by atoms with Crippen molar-refractivity contribution in [1.29, 1.82) is 0 Å². The zero-order valence-electron chi connectivity index (χ0n) is 7.23. The number of carbonyl (C=O) groups is 1. The van der Waals surface area contributed by atoms with Crippen molar-refractivity contribution in [3.63, 3.8) is 0 Å². The fourth-order valence-electron chi connectivity index (χ4n) is 0.851. The van der Waals surface area contributed by atoms with Crippen LogP contribution in [0, 0.1) is 0 Å². The molecule has 0 aliphatic rings. The van der Waals surface area contributed by atoms with Gasteiger partial charge >= 0.3 is 0 Å². The van der Waals surface area contributed by atoms with Crippen LogP contribution in [0.1, 0.15) is 12.1 Å². The molecule has 0 aliphatic carbocycles. The van der Waals surface area contributed by atoms with Gasteiger partial charge in [-0.1, -0.05) is 0 Å². The molecule has 0 saturated heterocycles. The zero-order chi connectivity index (χ0) is 9.52. The third-order valence-corrected chi connectivity index (χ3v) is 1.50. The number of nitrogens with zero attached hydrogens (tertiary/aromatic N) is 2. The van der Waals surface area contributed by atoms with Crippen LogP contribution in [-0.4, -0.2) is 22.4 Å². The molecule has 1 aromatic heterocycles. The maximum absolute atomic E-state index is 10.4. The van der Waals surface area contributed by atoms with E-state index in [1.54, 1.807) is 6.20 Å². The van der Waals surface area contributed by atoms with Crippen molar-refractivity contribution in [1.82, 2.24) is 15.3 Å². The molecular formula is C8H12N4O. The van der Waals surface area contributed by atoms with Gasteiger partial charge in [0.2, 0.25) is 5.91 Å². The Morgan fingerprint density at radius 3 is 3.08 bits per heavy atom. The summed E-state index contributed by atoms with van der Waals surface area (Å²) in [6.45, 7) is 1.22. The highest BCUT2D eigenvalue weighted by Crippen LogP contribution is 1.89. The van der Waals surface area contributed by atoms with Gasteiger partial charge in [0.05, 0.1) is 5.69 Å². The van der Waals surface area contributed by atoms with E-state index in [1.165, 1.54) is 6.33 Å². The lowest BCUT2D eigenvalue weighted by molar-refractivity contribution is -0.117. The van der Waals surface area contributed by atoms with Crippen LogP contribution in [-0.2, 0) is 11.3 Å². The van der Waals surface area contributed by atoms with Gasteiger partial charge in [0.1, 0.15) is 6.33 Å². The summed E-state index contributed by atoms with van der Waals surface area (Å²) in [7, 11) is 0. The molecule has 1 rings (SSSR count). The Hall–Kier alpha value is -1.49. The van der Waals surface area contributed by atoms with Crippen LogP contribution in [0.4, 0.5) is 0 Å². The Balaban J connectivity index is 2.17. The average Bonchev–Trinajstić information content (AvgIpc) is 2.14. The van der Waals surface area contributed by atoms with Gasteiger partial charge in [0.25, 0.3) is 0 Å². The van der Waals surface area contributed by atoms with Crippen LogP contribution in [0.3, 0.4) is 0 Å². The van der Waals surface area contributed by atoms with Crippen molar-refractivity contribution < 1.29 is 4.79 Å². The molecule has 5 heteroatoms. The predicted molar refractivity (Wildman–Crippen MR) is 47.6 cm³/mol. The van der Waals surface area contributed by atoms with Crippen molar-refractivity contribution in [2.75, 3.05) is 6.54 Å². The number of aromatic nitrogens is 2. The van der Waals surface area contributed by atoms with E-state index in [-0.39, 0.29) is 5.91 Å². The first kappa shape index (κ1) is 9.60. The second-order valence-electron chi connectivity index (χ2n) is 2.59. The number of carbonyl (C=O) groups excluding carboxylic acids is 1. The summed E-state index contributed by atoms with van der Waals surface area (Å²) < 4.78 is 0. The topological polar surface area (TPSA) is 80.9 Å². The van der Waals surface area contributed by atoms with Crippen molar-refractivity contribution >= 4 is 5.91 Å². The Kier molecular flexibility index (Phi) is 3.84. The normalized spacial score (nSPS) is 9.85. The Morgan fingerprint density at radius 2 is 2.46 bits per heavy atom. The molecule has 0 unspecified atom stereocenters. The lowest BCUT2D eigenvalue weighted by Gasteiger charge is -2.01. The van der Waals surface area contributed by atoms with Gasteiger partial charge in [0.15, 0.2) is 0 Å². The maximum Gasteiger partial charge on any atom is 0.218 e. The first-order valence-electron chi connectivity index (χ1n) is 4.03. The molecule has 1 aromatic rings. The summed E-state index contributed by atoms with van der Waals surface area (Å²) in [5.74, 6) is -0.296. The monoisotopic (exact) mass is 180 g/mol. The van der Waals surface area contributed by atoms with Crippen LogP contribution in [0.15, 0.2) is 18.6 Å². The van der Waals surface area contributed by atoms with Crippen LogP contribution >= 0.6 is 0 Å². The third kappa shape index (κ3) is 4.17. The van der Waals surface area contributed by atoms with Crippen LogP contribution in [0.5, 0.6) is 0 Å². The van der Waals surface area contributed by atoms with E-state index in [1.807, 2.05) is 6.07 Å². The second-order valence-corrected chi connectivity index (χ2v) is 2.59. The SMILES string of the molecule is NC(=O)CCNCc1ccncn1. The Morgan fingerprint density at radius 1 is 1.62 bits per heavy atom. The molecule has 0 radical (unpaired) electrons. The van der Waals surface area contributed by atoms with Gasteiger partial charge in [-0.3, -0.25) is 4.79 Å². The van der Waals surface area contributed by atoms with E-state index in [0.717, 1.165) is 5.69 Å². The molecule has 0 fully saturated rings. The maximum atomic E-state index is 10.4. The Labute approximate surface area is 76.4 Å². The lowest BCUT2D eigenvalue weighted by atomic mass is 10.3. The molecule has 0 aliphatic heterocycles. The third-order valence-electron chi connectivity index (χ3n) is 1.50. The summed E-state index contributed by atoms with van der Waals surface area (Å²) in [6.07, 6.45) is 3.52. The number of primary amides is 1. The molecule has 0 saturated carbocycles. The van der Waals surface area contributed by atoms with Crippen molar-refractivity contribution in [3.05, 3.63) is 24.3 Å². The van der Waals surface area contributed by atoms with Gasteiger partial charge in [-0.05, 0) is 6.07 Å². The van der Waals surface area contributed by atoms with E-state index in [0.29, 0.717) is 19.5 Å². The minimum absolute atomic E-state index is 0.296. The smallest absolute Gasteiger partial charge is 0.218 e. The largest absolute Gasteiger partial charge is 0.370 e. The van der Waals surface area contributed by atoms with Gasteiger partial charge in [-0.15, -0.1) is 0 Å². The van der Waals surface area contributed by atoms with E-state index in [9.17, 15) is 4.79 Å². The minimum Gasteiger partial charge on any atom is -0.370 e. The van der Waals surface area contributed by atoms with Gasteiger partial charge < -0.3 is 11.1 Å². The fourth-order valence-corrected chi connectivity index (χ4v) is 0.851. The van der Waals surface area contributed by atoms with E-state index in [4.69, 9.17) is 5.73 Å². The number of hydrogen-bond donors (Lipinski definition) is 2. The number of nitrogens with one attached hydrogen (secondary N) is 1. The predicted octanol–water partition coefficient (Wildman–Crippen LogP) is -0.558. The summed E-state index contributed by atoms with van der Waals surface area (Å²) in [5.41, 5.74) is 5.87. The van der Waals surface area contributed by atoms with Gasteiger partial charge in [-0.2, -0.15) is 0 Å². The summed E-state index contributed by atoms with van der Waals surface area (Å²) >= 11 is 0. The molecule has 0 aromatic carbocycles. The van der Waals surface area contributed by atoms with Crippen molar-refractivity contribution in [2.24, 2.45) is 5.73 Å². The number of rotatable bonds is 5. The molecule has 13 heavy (non-hydrogen) atoms. The molecule has 70 valence electrons. The zero-order valence-corrected chi connectivity index (χ0v) is 7.23. The minimum atomic E-state index is -0.296. The quantitative estimate of drug-likeness (QED) is 0.595. The van der Waals surface area contributed by atoms with Gasteiger partial charge in [-0.25, -0.2) is 9.97 Å². The highest BCUT2D eigenvalue weighted by Gasteiger charge is 1.94. The first-order chi connectivity index (χ1) is 6.29. The van der Waals surface area contributed by atoms with E-state index < -0.39 is 0 Å². The summed E-state index contributed by atoms with van der Waals surface area (Å²) in [6, 6.07) is 1.82. The van der Waals surface area contributed by atoms with Crippen molar-refractivity contribution in [2.45, 2.75) is 13.0 Å². The van der Waals surface area contributed by atoms with E-state index in [2.05, 4.69) is 15.3 Å². The molecule has 1 heterocycles. The number of nitrogens with two attached hydrogens (primary N) is 1. The highest BCUT2D eigenvalue weighted by atomic mass is 16.1. The molecule has 5 nitrogen and oxygen atoms in total. The molecule has 0 spiro atoms. The molecule has 1 amide bonds. The number of amides is 1. The van der Waals surface area contributed by atoms with Crippen molar-refractivity contribution in [3.8, 4) is 0 Å².